The fraction of sp³-hybridized carbons (Fsp3) is 0.500. The van der Waals surface area contributed by atoms with E-state index in [0.29, 0.717) is 6.54 Å². The molecular weight excluding hydrogens is 290 g/mol. The first-order valence-corrected chi connectivity index (χ1v) is 8.15. The molecule has 0 bridgehead atoms. The summed E-state index contributed by atoms with van der Waals surface area (Å²) in [6.45, 7) is 4.16. The number of nitrogens with one attached hydrogen (secondary N) is 2. The smallest absolute Gasteiger partial charge is 0.237 e. The third kappa shape index (κ3) is 4.81. The van der Waals surface area contributed by atoms with E-state index in [-0.39, 0.29) is 11.9 Å². The molecule has 2 aromatic rings. The van der Waals surface area contributed by atoms with Crippen molar-refractivity contribution in [2.45, 2.75) is 25.8 Å². The van der Waals surface area contributed by atoms with Crippen molar-refractivity contribution in [1.82, 2.24) is 15.2 Å². The molecule has 1 aromatic heterocycles. The Bertz CT molecular complexity index is 624. The Labute approximate surface area is 138 Å². The van der Waals surface area contributed by atoms with Gasteiger partial charge in [-0.1, -0.05) is 18.2 Å². The number of para-hydroxylation sites is 1. The van der Waals surface area contributed by atoms with Gasteiger partial charge in [0.1, 0.15) is 0 Å². The number of nitrogens with zero attached hydrogens (tertiary/aromatic N) is 1. The van der Waals surface area contributed by atoms with Gasteiger partial charge >= 0.3 is 0 Å². The maximum absolute atomic E-state index is 12.2. The number of methoxy groups -OCH3 is 1. The Morgan fingerprint density at radius 3 is 2.96 bits per heavy atom. The number of amides is 1. The molecule has 1 heterocycles. The van der Waals surface area contributed by atoms with Crippen molar-refractivity contribution < 1.29 is 9.53 Å². The first-order chi connectivity index (χ1) is 11.1. The van der Waals surface area contributed by atoms with Crippen LogP contribution in [0.1, 0.15) is 18.9 Å². The number of hydrogen-bond acceptors (Lipinski definition) is 3. The fourth-order valence-electron chi connectivity index (χ4n) is 2.66. The van der Waals surface area contributed by atoms with Crippen molar-refractivity contribution in [3.8, 4) is 0 Å². The van der Waals surface area contributed by atoms with Crippen LogP contribution in [0.4, 0.5) is 0 Å². The van der Waals surface area contributed by atoms with E-state index in [4.69, 9.17) is 4.74 Å². The summed E-state index contributed by atoms with van der Waals surface area (Å²) >= 11 is 0. The molecule has 5 heteroatoms. The summed E-state index contributed by atoms with van der Waals surface area (Å²) in [5.74, 6) is 0.0739. The van der Waals surface area contributed by atoms with Crippen LogP contribution < -0.4 is 5.32 Å². The average molecular weight is 317 g/mol. The molecule has 1 atom stereocenters. The number of aromatic nitrogens is 1. The number of H-pyrrole nitrogens is 1. The van der Waals surface area contributed by atoms with Crippen LogP contribution in [-0.2, 0) is 16.0 Å². The Balaban J connectivity index is 1.78. The van der Waals surface area contributed by atoms with Gasteiger partial charge in [-0.3, -0.25) is 9.69 Å². The number of likely N-dealkylation sites (N-methyl/N-ethyl adjacent to an activating group) is 1. The minimum atomic E-state index is -0.130. The Morgan fingerprint density at radius 1 is 1.39 bits per heavy atom. The molecule has 2 N–H and O–H groups in total. The van der Waals surface area contributed by atoms with E-state index in [1.54, 1.807) is 7.11 Å². The van der Waals surface area contributed by atoms with Crippen LogP contribution in [0.2, 0.25) is 0 Å². The molecule has 0 aliphatic heterocycles. The minimum Gasteiger partial charge on any atom is -0.385 e. The molecule has 0 fully saturated rings. The fourth-order valence-corrected chi connectivity index (χ4v) is 2.66. The largest absolute Gasteiger partial charge is 0.385 e. The van der Waals surface area contributed by atoms with Crippen molar-refractivity contribution in [3.05, 3.63) is 36.0 Å². The van der Waals surface area contributed by atoms with Gasteiger partial charge in [0.25, 0.3) is 0 Å². The summed E-state index contributed by atoms with van der Waals surface area (Å²) in [6, 6.07) is 8.10. The van der Waals surface area contributed by atoms with Gasteiger partial charge in [-0.2, -0.15) is 0 Å². The molecule has 5 nitrogen and oxygen atoms in total. The van der Waals surface area contributed by atoms with Crippen LogP contribution in [0.15, 0.2) is 30.5 Å². The lowest BCUT2D eigenvalue weighted by Gasteiger charge is -2.23. The monoisotopic (exact) mass is 317 g/mol. The molecule has 2 rings (SSSR count). The summed E-state index contributed by atoms with van der Waals surface area (Å²) in [5, 5.41) is 4.26. The standard InChI is InChI=1S/C18H27N3O2/c1-14(21(2)11-6-12-23-3)18(22)19-10-9-15-13-20-17-8-5-4-7-16(15)17/h4-5,7-8,13-14,20H,6,9-12H2,1-3H3,(H,19,22). The molecular formula is C18H27N3O2. The van der Waals surface area contributed by atoms with Gasteiger partial charge in [0, 0.05) is 43.9 Å². The van der Waals surface area contributed by atoms with Gasteiger partial charge in [0.2, 0.25) is 5.91 Å². The molecule has 23 heavy (non-hydrogen) atoms. The summed E-state index contributed by atoms with van der Waals surface area (Å²) in [4.78, 5) is 17.5. The number of aromatic amines is 1. The first-order valence-electron chi connectivity index (χ1n) is 8.15. The Hall–Kier alpha value is -1.85. The van der Waals surface area contributed by atoms with E-state index in [9.17, 15) is 4.79 Å². The summed E-state index contributed by atoms with van der Waals surface area (Å²) in [7, 11) is 3.67. The highest BCUT2D eigenvalue weighted by Crippen LogP contribution is 2.17. The number of rotatable bonds is 9. The summed E-state index contributed by atoms with van der Waals surface area (Å²) in [5.41, 5.74) is 2.38. The molecule has 1 unspecified atom stereocenters. The molecule has 0 saturated heterocycles. The van der Waals surface area contributed by atoms with Crippen LogP contribution in [0.5, 0.6) is 0 Å². The lowest BCUT2D eigenvalue weighted by molar-refractivity contribution is -0.125. The minimum absolute atomic E-state index is 0.0739. The normalized spacial score (nSPS) is 12.7. The summed E-state index contributed by atoms with van der Waals surface area (Å²) < 4.78 is 5.04. The third-order valence-corrected chi connectivity index (χ3v) is 4.27. The molecule has 0 saturated carbocycles. The number of benzene rings is 1. The van der Waals surface area contributed by atoms with E-state index in [1.807, 2.05) is 32.3 Å². The molecule has 0 radical (unpaired) electrons. The van der Waals surface area contributed by atoms with Gasteiger partial charge in [-0.05, 0) is 38.4 Å². The van der Waals surface area contributed by atoms with Crippen molar-refractivity contribution in [2.75, 3.05) is 33.9 Å². The van der Waals surface area contributed by atoms with Crippen molar-refractivity contribution >= 4 is 16.8 Å². The highest BCUT2D eigenvalue weighted by molar-refractivity contribution is 5.83. The molecule has 1 aromatic carbocycles. The van der Waals surface area contributed by atoms with E-state index >= 15 is 0 Å². The van der Waals surface area contributed by atoms with Gasteiger partial charge in [-0.25, -0.2) is 0 Å². The second-order valence-electron chi connectivity index (χ2n) is 5.90. The third-order valence-electron chi connectivity index (χ3n) is 4.27. The number of hydrogen-bond donors (Lipinski definition) is 2. The molecule has 0 spiro atoms. The Kier molecular flexibility index (Phi) is 6.62. The van der Waals surface area contributed by atoms with E-state index in [0.717, 1.165) is 31.5 Å². The van der Waals surface area contributed by atoms with Crippen molar-refractivity contribution in [3.63, 3.8) is 0 Å². The van der Waals surface area contributed by atoms with Crippen LogP contribution in [0, 0.1) is 0 Å². The van der Waals surface area contributed by atoms with E-state index in [2.05, 4.69) is 27.3 Å². The van der Waals surface area contributed by atoms with Gasteiger partial charge < -0.3 is 15.0 Å². The highest BCUT2D eigenvalue weighted by atomic mass is 16.5. The molecule has 126 valence electrons. The van der Waals surface area contributed by atoms with Gasteiger partial charge in [0.15, 0.2) is 0 Å². The number of carbonyl (C=O) groups is 1. The zero-order chi connectivity index (χ0) is 16.7. The van der Waals surface area contributed by atoms with Crippen LogP contribution in [0.25, 0.3) is 10.9 Å². The zero-order valence-electron chi connectivity index (χ0n) is 14.3. The predicted octanol–water partition coefficient (Wildman–Crippen LogP) is 2.18. The van der Waals surface area contributed by atoms with Gasteiger partial charge in [-0.15, -0.1) is 0 Å². The molecule has 0 aliphatic carbocycles. The zero-order valence-corrected chi connectivity index (χ0v) is 14.3. The second-order valence-corrected chi connectivity index (χ2v) is 5.90. The lowest BCUT2D eigenvalue weighted by Crippen LogP contribution is -2.44. The predicted molar refractivity (Wildman–Crippen MR) is 93.6 cm³/mol. The summed E-state index contributed by atoms with van der Waals surface area (Å²) in [6.07, 6.45) is 3.78. The maximum Gasteiger partial charge on any atom is 0.237 e. The highest BCUT2D eigenvalue weighted by Gasteiger charge is 2.17. The number of ether oxygens (including phenoxy) is 1. The van der Waals surface area contributed by atoms with Crippen LogP contribution in [0.3, 0.4) is 0 Å². The van der Waals surface area contributed by atoms with Gasteiger partial charge in [0.05, 0.1) is 6.04 Å². The lowest BCUT2D eigenvalue weighted by atomic mass is 10.1. The first kappa shape index (κ1) is 17.5. The number of carbonyl (C=O) groups excluding carboxylic acids is 1. The maximum atomic E-state index is 12.2. The average Bonchev–Trinajstić information content (AvgIpc) is 2.97. The Morgan fingerprint density at radius 2 is 2.17 bits per heavy atom. The molecule has 1 amide bonds. The number of fused-ring (bicyclic) bond motifs is 1. The van der Waals surface area contributed by atoms with Crippen LogP contribution in [-0.4, -0.2) is 55.7 Å². The quantitative estimate of drug-likeness (QED) is 0.697. The second kappa shape index (κ2) is 8.70. The van der Waals surface area contributed by atoms with Crippen molar-refractivity contribution in [1.29, 1.82) is 0 Å². The molecule has 0 aliphatic rings. The van der Waals surface area contributed by atoms with E-state index in [1.165, 1.54) is 10.9 Å². The van der Waals surface area contributed by atoms with Crippen LogP contribution >= 0.6 is 0 Å². The van der Waals surface area contributed by atoms with Crippen molar-refractivity contribution in [2.24, 2.45) is 0 Å². The van der Waals surface area contributed by atoms with E-state index < -0.39 is 0 Å². The topological polar surface area (TPSA) is 57.4 Å². The SMILES string of the molecule is COCCCN(C)C(C)C(=O)NCCc1c[nH]c2ccccc12.